The minimum Gasteiger partial charge on any atom is -0.493 e. The Morgan fingerprint density at radius 3 is 2.55 bits per heavy atom. The fourth-order valence-corrected chi connectivity index (χ4v) is 3.43. The van der Waals surface area contributed by atoms with Crippen molar-refractivity contribution in [1.29, 1.82) is 5.26 Å². The lowest BCUT2D eigenvalue weighted by atomic mass is 9.95. The summed E-state index contributed by atoms with van der Waals surface area (Å²) in [6, 6.07) is 17.9. The van der Waals surface area contributed by atoms with E-state index in [1.165, 1.54) is 20.3 Å². The molecule has 0 fully saturated rings. The molecule has 1 amide bonds. The van der Waals surface area contributed by atoms with Crippen molar-refractivity contribution in [2.75, 3.05) is 19.5 Å². The highest BCUT2D eigenvalue weighted by atomic mass is 16.5. The number of fused-ring (bicyclic) bond motifs is 1. The molecule has 0 bridgehead atoms. The van der Waals surface area contributed by atoms with Crippen molar-refractivity contribution in [2.45, 2.75) is 6.42 Å². The molecule has 156 valence electrons. The number of amides is 1. The van der Waals surface area contributed by atoms with Crippen LogP contribution < -0.4 is 14.8 Å². The first kappa shape index (κ1) is 21.6. The lowest BCUT2D eigenvalue weighted by Crippen LogP contribution is -2.29. The molecule has 0 radical (unpaired) electrons. The van der Waals surface area contributed by atoms with Crippen LogP contribution in [-0.2, 0) is 11.2 Å². The van der Waals surface area contributed by atoms with Gasteiger partial charge in [0.2, 0.25) is 5.91 Å². The maximum absolute atomic E-state index is 13.1. The van der Waals surface area contributed by atoms with Gasteiger partial charge in [-0.3, -0.25) is 9.59 Å². The number of anilines is 1. The smallest absolute Gasteiger partial charge is 0.249 e. The van der Waals surface area contributed by atoms with E-state index < -0.39 is 17.6 Å². The van der Waals surface area contributed by atoms with Gasteiger partial charge in [-0.2, -0.15) is 5.26 Å². The van der Waals surface area contributed by atoms with Gasteiger partial charge >= 0.3 is 0 Å². The summed E-state index contributed by atoms with van der Waals surface area (Å²) in [6.45, 7) is 3.71. The van der Waals surface area contributed by atoms with Gasteiger partial charge in [0.05, 0.1) is 20.3 Å². The Balaban J connectivity index is 1.94. The molecule has 0 aromatic heterocycles. The van der Waals surface area contributed by atoms with Crippen LogP contribution in [0.2, 0.25) is 0 Å². The third kappa shape index (κ3) is 4.41. The monoisotopic (exact) mass is 414 g/mol. The molecule has 3 aromatic carbocycles. The van der Waals surface area contributed by atoms with Crippen molar-refractivity contribution in [3.63, 3.8) is 0 Å². The van der Waals surface area contributed by atoms with Crippen LogP contribution in [0.3, 0.4) is 0 Å². The molecule has 0 aliphatic carbocycles. The number of allylic oxidation sites excluding steroid dienone is 1. The minimum atomic E-state index is -1.52. The summed E-state index contributed by atoms with van der Waals surface area (Å²) < 4.78 is 10.7. The number of ether oxygens (including phenoxy) is 2. The van der Waals surface area contributed by atoms with Crippen LogP contribution >= 0.6 is 0 Å². The van der Waals surface area contributed by atoms with E-state index in [1.807, 2.05) is 36.4 Å². The topological polar surface area (TPSA) is 88.4 Å². The molecule has 6 heteroatoms. The molecule has 0 heterocycles. The maximum Gasteiger partial charge on any atom is 0.249 e. The zero-order valence-corrected chi connectivity index (χ0v) is 17.3. The van der Waals surface area contributed by atoms with Crippen molar-refractivity contribution in [2.24, 2.45) is 5.92 Å². The number of methoxy groups -OCH3 is 2. The Hall–Kier alpha value is -4.11. The van der Waals surface area contributed by atoms with Crippen LogP contribution in [0.25, 0.3) is 10.8 Å². The minimum absolute atomic E-state index is 0.189. The van der Waals surface area contributed by atoms with E-state index in [0.29, 0.717) is 29.2 Å². The van der Waals surface area contributed by atoms with Gasteiger partial charge in [-0.15, -0.1) is 6.58 Å². The van der Waals surface area contributed by atoms with Gasteiger partial charge in [0, 0.05) is 22.2 Å². The second-order valence-electron chi connectivity index (χ2n) is 6.81. The molecule has 6 nitrogen and oxygen atoms in total. The second-order valence-corrected chi connectivity index (χ2v) is 6.81. The molecule has 0 aliphatic rings. The lowest BCUT2D eigenvalue weighted by Gasteiger charge is -2.16. The van der Waals surface area contributed by atoms with Crippen molar-refractivity contribution < 1.29 is 19.1 Å². The third-order valence-corrected chi connectivity index (χ3v) is 4.91. The highest BCUT2D eigenvalue weighted by Crippen LogP contribution is 2.34. The second kappa shape index (κ2) is 9.59. The lowest BCUT2D eigenvalue weighted by molar-refractivity contribution is -0.117. The summed E-state index contributed by atoms with van der Waals surface area (Å²) in [6.07, 6.45) is 2.10. The highest BCUT2D eigenvalue weighted by Gasteiger charge is 2.29. The molecule has 0 spiro atoms. The van der Waals surface area contributed by atoms with Gasteiger partial charge in [0.15, 0.2) is 23.2 Å². The summed E-state index contributed by atoms with van der Waals surface area (Å²) in [5.74, 6) is -2.01. The van der Waals surface area contributed by atoms with Crippen molar-refractivity contribution in [1.82, 2.24) is 0 Å². The molecule has 3 aromatic rings. The van der Waals surface area contributed by atoms with Gasteiger partial charge < -0.3 is 14.8 Å². The normalized spacial score (nSPS) is 11.3. The predicted molar refractivity (Wildman–Crippen MR) is 119 cm³/mol. The molecule has 0 saturated heterocycles. The first-order valence-electron chi connectivity index (χ1n) is 9.62. The number of ketones is 1. The van der Waals surface area contributed by atoms with Crippen molar-refractivity contribution >= 4 is 28.2 Å². The van der Waals surface area contributed by atoms with E-state index in [4.69, 9.17) is 9.47 Å². The van der Waals surface area contributed by atoms with E-state index in [1.54, 1.807) is 24.3 Å². The van der Waals surface area contributed by atoms with Gasteiger partial charge in [-0.1, -0.05) is 42.5 Å². The largest absolute Gasteiger partial charge is 0.493 e. The van der Waals surface area contributed by atoms with E-state index >= 15 is 0 Å². The zero-order chi connectivity index (χ0) is 22.4. The SMILES string of the molecule is C=CCc1cc(C(=O)C(C#N)C(=O)Nc2cccc3ccccc23)cc(OC)c1OC. The van der Waals surface area contributed by atoms with Gasteiger partial charge in [-0.05, 0) is 30.0 Å². The summed E-state index contributed by atoms with van der Waals surface area (Å²) in [7, 11) is 2.96. The van der Waals surface area contributed by atoms with E-state index in [2.05, 4.69) is 11.9 Å². The molecule has 0 aliphatic heterocycles. The van der Waals surface area contributed by atoms with Crippen LogP contribution in [0.1, 0.15) is 15.9 Å². The third-order valence-electron chi connectivity index (χ3n) is 4.91. The molecular formula is C25H22N2O4. The van der Waals surface area contributed by atoms with Crippen LogP contribution in [0, 0.1) is 17.2 Å². The summed E-state index contributed by atoms with van der Waals surface area (Å²) >= 11 is 0. The number of nitrogens with zero attached hydrogens (tertiary/aromatic N) is 1. The Labute approximate surface area is 180 Å². The van der Waals surface area contributed by atoms with Crippen LogP contribution in [0.4, 0.5) is 5.69 Å². The van der Waals surface area contributed by atoms with Gasteiger partial charge in [-0.25, -0.2) is 0 Å². The molecule has 0 saturated carbocycles. The van der Waals surface area contributed by atoms with Gasteiger partial charge in [0.25, 0.3) is 0 Å². The van der Waals surface area contributed by atoms with Crippen LogP contribution in [0.15, 0.2) is 67.3 Å². The first-order chi connectivity index (χ1) is 15.0. The van der Waals surface area contributed by atoms with E-state index in [0.717, 1.165) is 10.8 Å². The Morgan fingerprint density at radius 1 is 1.13 bits per heavy atom. The number of hydrogen-bond acceptors (Lipinski definition) is 5. The maximum atomic E-state index is 13.1. The average Bonchev–Trinajstić information content (AvgIpc) is 2.79. The quantitative estimate of drug-likeness (QED) is 0.332. The molecule has 1 N–H and O–H groups in total. The fraction of sp³-hybridized carbons (Fsp3) is 0.160. The number of carbonyl (C=O) groups is 2. The van der Waals surface area contributed by atoms with E-state index in [9.17, 15) is 14.9 Å². The zero-order valence-electron chi connectivity index (χ0n) is 17.3. The summed E-state index contributed by atoms with van der Waals surface area (Å²) in [4.78, 5) is 26.0. The van der Waals surface area contributed by atoms with E-state index in [-0.39, 0.29) is 5.56 Å². The average molecular weight is 414 g/mol. The van der Waals surface area contributed by atoms with Crippen molar-refractivity contribution in [3.8, 4) is 17.6 Å². The fourth-order valence-electron chi connectivity index (χ4n) is 3.43. The number of Topliss-reactive ketones (excluding diaryl/α,β-unsaturated/α-hetero) is 1. The number of hydrogen-bond donors (Lipinski definition) is 1. The highest BCUT2D eigenvalue weighted by molar-refractivity contribution is 6.17. The first-order valence-corrected chi connectivity index (χ1v) is 9.62. The Kier molecular flexibility index (Phi) is 6.68. The molecule has 1 unspecified atom stereocenters. The predicted octanol–water partition coefficient (Wildman–Crippen LogP) is 4.55. The molecule has 31 heavy (non-hydrogen) atoms. The van der Waals surface area contributed by atoms with Crippen LogP contribution in [0.5, 0.6) is 11.5 Å². The van der Waals surface area contributed by atoms with Crippen LogP contribution in [-0.4, -0.2) is 25.9 Å². The molecule has 3 rings (SSSR count). The number of nitrogens with one attached hydrogen (secondary N) is 1. The van der Waals surface area contributed by atoms with Crippen molar-refractivity contribution in [3.05, 3.63) is 78.4 Å². The molecular weight excluding hydrogens is 392 g/mol. The Bertz CT molecular complexity index is 1190. The molecule has 1 atom stereocenters. The number of rotatable bonds is 8. The standard InChI is InChI=1S/C25H22N2O4/c1-4-8-17-13-18(14-22(30-2)24(17)31-3)23(28)20(15-26)25(29)27-21-12-7-10-16-9-5-6-11-19(16)21/h4-7,9-14,20H,1,8H2,2-3H3,(H,27,29). The summed E-state index contributed by atoms with van der Waals surface area (Å²) in [5, 5.41) is 14.1. The summed E-state index contributed by atoms with van der Waals surface area (Å²) in [5.41, 5.74) is 1.40. The number of benzene rings is 3. The Morgan fingerprint density at radius 2 is 1.87 bits per heavy atom. The number of nitriles is 1. The van der Waals surface area contributed by atoms with Gasteiger partial charge in [0.1, 0.15) is 0 Å². The number of carbonyl (C=O) groups excluding carboxylic acids is 2.